The van der Waals surface area contributed by atoms with Crippen LogP contribution in [0, 0.1) is 6.92 Å². The van der Waals surface area contributed by atoms with Crippen LogP contribution in [0.5, 0.6) is 5.75 Å². The molecule has 1 heterocycles. The molecule has 0 radical (unpaired) electrons. The molecule has 2 amide bonds. The van der Waals surface area contributed by atoms with Gasteiger partial charge in [0.2, 0.25) is 3.79 Å². The van der Waals surface area contributed by atoms with Crippen molar-refractivity contribution >= 4 is 79.2 Å². The van der Waals surface area contributed by atoms with Crippen LogP contribution in [0.1, 0.15) is 21.5 Å². The van der Waals surface area contributed by atoms with Crippen LogP contribution in [0.15, 0.2) is 66.7 Å². The lowest BCUT2D eigenvalue weighted by atomic mass is 10.1. The van der Waals surface area contributed by atoms with E-state index in [0.717, 1.165) is 11.1 Å². The number of aromatic nitrogens is 1. The molecule has 192 valence electrons. The Morgan fingerprint density at radius 3 is 2.38 bits per heavy atom. The van der Waals surface area contributed by atoms with E-state index in [-0.39, 0.29) is 12.5 Å². The van der Waals surface area contributed by atoms with Gasteiger partial charge in [-0.3, -0.25) is 15.0 Å². The van der Waals surface area contributed by atoms with Crippen LogP contribution in [0.3, 0.4) is 0 Å². The third kappa shape index (κ3) is 6.84. The number of alkyl halides is 3. The third-order valence-electron chi connectivity index (χ3n) is 5.29. The predicted octanol–water partition coefficient (Wildman–Crippen LogP) is 7.38. The minimum Gasteiger partial charge on any atom is -0.494 e. The zero-order valence-electron chi connectivity index (χ0n) is 19.8. The standard InChI is InChI=1S/C26H22Cl3N3O4S/c1-16-8-10-17(11-9-16)14-32(25(34)36-15-26(27,28)29)19-12-13-20(35-2)21-22(19)37-24(30-21)31-23(33)18-6-4-3-5-7-18/h3-13H,14-15H2,1-2H3,(H,30,31,33). The number of ether oxygens (including phenoxy) is 2. The Kier molecular flexibility index (Phi) is 8.44. The topological polar surface area (TPSA) is 80.8 Å². The minimum atomic E-state index is -1.76. The number of rotatable bonds is 7. The van der Waals surface area contributed by atoms with Gasteiger partial charge in [-0.1, -0.05) is 94.2 Å². The molecular formula is C26H22Cl3N3O4S. The Balaban J connectivity index is 1.74. The van der Waals surface area contributed by atoms with E-state index < -0.39 is 16.5 Å². The molecule has 0 aliphatic heterocycles. The quantitative estimate of drug-likeness (QED) is 0.231. The highest BCUT2D eigenvalue weighted by Crippen LogP contribution is 2.40. The van der Waals surface area contributed by atoms with Crippen molar-refractivity contribution in [1.29, 1.82) is 0 Å². The molecule has 0 bridgehead atoms. The molecule has 1 aromatic heterocycles. The van der Waals surface area contributed by atoms with Crippen LogP contribution < -0.4 is 15.0 Å². The van der Waals surface area contributed by atoms with Gasteiger partial charge in [0.1, 0.15) is 17.9 Å². The Hall–Kier alpha value is -3.04. The molecule has 1 N–H and O–H groups in total. The molecule has 0 fully saturated rings. The number of carbonyl (C=O) groups is 2. The number of nitrogens with zero attached hydrogens (tertiary/aromatic N) is 2. The summed E-state index contributed by atoms with van der Waals surface area (Å²) < 4.78 is 9.67. The monoisotopic (exact) mass is 577 g/mol. The highest BCUT2D eigenvalue weighted by molar-refractivity contribution is 7.23. The van der Waals surface area contributed by atoms with Crippen LogP contribution in [0.4, 0.5) is 15.6 Å². The second-order valence-corrected chi connectivity index (χ2v) is 11.6. The first-order valence-electron chi connectivity index (χ1n) is 11.0. The van der Waals surface area contributed by atoms with Gasteiger partial charge < -0.3 is 9.47 Å². The lowest BCUT2D eigenvalue weighted by molar-refractivity contribution is 0.102. The number of halogens is 3. The van der Waals surface area contributed by atoms with Crippen LogP contribution in [-0.4, -0.2) is 34.5 Å². The fraction of sp³-hybridized carbons (Fsp3) is 0.192. The lowest BCUT2D eigenvalue weighted by Crippen LogP contribution is -2.33. The van der Waals surface area contributed by atoms with Crippen molar-refractivity contribution in [2.75, 3.05) is 23.9 Å². The molecule has 0 aliphatic carbocycles. The first-order chi connectivity index (χ1) is 17.6. The molecule has 0 saturated carbocycles. The maximum atomic E-state index is 13.2. The number of fused-ring (bicyclic) bond motifs is 1. The first kappa shape index (κ1) is 27.0. The maximum absolute atomic E-state index is 13.2. The highest BCUT2D eigenvalue weighted by Gasteiger charge is 2.28. The summed E-state index contributed by atoms with van der Waals surface area (Å²) in [7, 11) is 1.52. The lowest BCUT2D eigenvalue weighted by Gasteiger charge is -2.24. The number of amides is 2. The smallest absolute Gasteiger partial charge is 0.414 e. The molecular weight excluding hydrogens is 557 g/mol. The molecule has 0 atom stereocenters. The summed E-state index contributed by atoms with van der Waals surface area (Å²) in [5, 5.41) is 3.17. The summed E-state index contributed by atoms with van der Waals surface area (Å²) >= 11 is 18.6. The number of carbonyl (C=O) groups excluding carboxylic acids is 2. The molecule has 0 spiro atoms. The van der Waals surface area contributed by atoms with E-state index in [4.69, 9.17) is 44.3 Å². The zero-order valence-corrected chi connectivity index (χ0v) is 22.9. The summed E-state index contributed by atoms with van der Waals surface area (Å²) in [5.74, 6) is 0.180. The largest absolute Gasteiger partial charge is 0.494 e. The second-order valence-electron chi connectivity index (χ2n) is 8.05. The fourth-order valence-electron chi connectivity index (χ4n) is 3.51. The molecule has 7 nitrogen and oxygen atoms in total. The number of nitrogens with one attached hydrogen (secondary N) is 1. The van der Waals surface area contributed by atoms with Gasteiger partial charge in [-0.25, -0.2) is 9.78 Å². The van der Waals surface area contributed by atoms with Crippen LogP contribution in [0.25, 0.3) is 10.2 Å². The van der Waals surface area contributed by atoms with Gasteiger partial charge in [-0.2, -0.15) is 0 Å². The van der Waals surface area contributed by atoms with Crippen LogP contribution >= 0.6 is 46.1 Å². The molecule has 4 aromatic rings. The van der Waals surface area contributed by atoms with Crippen molar-refractivity contribution in [2.45, 2.75) is 17.3 Å². The summed E-state index contributed by atoms with van der Waals surface area (Å²) in [6, 6.07) is 20.0. The predicted molar refractivity (Wildman–Crippen MR) is 150 cm³/mol. The van der Waals surface area contributed by atoms with E-state index in [1.807, 2.05) is 37.3 Å². The average Bonchev–Trinajstić information content (AvgIpc) is 3.30. The second kappa shape index (κ2) is 11.6. The van der Waals surface area contributed by atoms with E-state index in [0.29, 0.717) is 32.3 Å². The van der Waals surface area contributed by atoms with E-state index in [2.05, 4.69) is 10.3 Å². The van der Waals surface area contributed by atoms with Gasteiger partial charge in [0, 0.05) is 5.56 Å². The van der Waals surface area contributed by atoms with Crippen LogP contribution in [-0.2, 0) is 11.3 Å². The van der Waals surface area contributed by atoms with E-state index in [9.17, 15) is 9.59 Å². The number of hydrogen-bond acceptors (Lipinski definition) is 6. The summed E-state index contributed by atoms with van der Waals surface area (Å²) in [5.41, 5.74) is 3.43. The van der Waals surface area contributed by atoms with Gasteiger partial charge in [0.15, 0.2) is 5.13 Å². The molecule has 0 unspecified atom stereocenters. The summed E-state index contributed by atoms with van der Waals surface area (Å²) in [4.78, 5) is 32.0. The summed E-state index contributed by atoms with van der Waals surface area (Å²) in [6.45, 7) is 1.73. The fourth-order valence-corrected chi connectivity index (χ4v) is 4.67. The van der Waals surface area contributed by atoms with Crippen molar-refractivity contribution in [3.63, 3.8) is 0 Å². The number of methoxy groups -OCH3 is 1. The molecule has 0 aliphatic rings. The van der Waals surface area contributed by atoms with E-state index in [1.165, 1.54) is 23.3 Å². The van der Waals surface area contributed by atoms with Crippen LogP contribution in [0.2, 0.25) is 0 Å². The molecule has 0 saturated heterocycles. The Labute approximate surface area is 232 Å². The van der Waals surface area contributed by atoms with Gasteiger partial charge in [0.05, 0.1) is 24.0 Å². The molecule has 3 aromatic carbocycles. The van der Waals surface area contributed by atoms with E-state index in [1.54, 1.807) is 36.4 Å². The Morgan fingerprint density at radius 2 is 1.73 bits per heavy atom. The van der Waals surface area contributed by atoms with Gasteiger partial charge in [-0.15, -0.1) is 0 Å². The van der Waals surface area contributed by atoms with Crippen molar-refractivity contribution in [2.24, 2.45) is 0 Å². The van der Waals surface area contributed by atoms with Gasteiger partial charge >= 0.3 is 6.09 Å². The highest BCUT2D eigenvalue weighted by atomic mass is 35.6. The third-order valence-corrected chi connectivity index (χ3v) is 6.61. The zero-order chi connectivity index (χ0) is 26.6. The maximum Gasteiger partial charge on any atom is 0.414 e. The Morgan fingerprint density at radius 1 is 1.03 bits per heavy atom. The van der Waals surface area contributed by atoms with Crippen molar-refractivity contribution in [1.82, 2.24) is 4.98 Å². The Bertz CT molecular complexity index is 1410. The van der Waals surface area contributed by atoms with E-state index >= 15 is 0 Å². The first-order valence-corrected chi connectivity index (χ1v) is 13.0. The minimum absolute atomic E-state index is 0.185. The molecule has 11 heteroatoms. The number of thiazole rings is 1. The number of hydrogen-bond donors (Lipinski definition) is 1. The SMILES string of the molecule is COc1ccc(N(Cc2ccc(C)cc2)C(=O)OCC(Cl)(Cl)Cl)c2sc(NC(=O)c3ccccc3)nc12. The number of anilines is 2. The van der Waals surface area contributed by atoms with Crippen molar-refractivity contribution in [3.8, 4) is 5.75 Å². The molecule has 37 heavy (non-hydrogen) atoms. The van der Waals surface area contributed by atoms with Crippen molar-refractivity contribution in [3.05, 3.63) is 83.4 Å². The number of aryl methyl sites for hydroxylation is 1. The number of benzene rings is 3. The van der Waals surface area contributed by atoms with Gasteiger partial charge in [-0.05, 0) is 36.8 Å². The summed E-state index contributed by atoms with van der Waals surface area (Å²) in [6.07, 6.45) is -0.707. The van der Waals surface area contributed by atoms with Crippen molar-refractivity contribution < 1.29 is 19.1 Å². The normalized spacial score (nSPS) is 11.3. The molecule has 4 rings (SSSR count). The van der Waals surface area contributed by atoms with Gasteiger partial charge in [0.25, 0.3) is 5.91 Å². The average molecular weight is 579 g/mol.